The van der Waals surface area contributed by atoms with E-state index in [0.717, 1.165) is 0 Å². The Bertz CT molecular complexity index is 233. The summed E-state index contributed by atoms with van der Waals surface area (Å²) in [5, 5.41) is 1.01. The fraction of sp³-hybridized carbons (Fsp3) is 0.769. The fourth-order valence-electron chi connectivity index (χ4n) is 1.63. The lowest BCUT2D eigenvalue weighted by Crippen LogP contribution is -2.01. The van der Waals surface area contributed by atoms with Crippen LogP contribution in [0.25, 0.3) is 0 Å². The van der Waals surface area contributed by atoms with Gasteiger partial charge in [0, 0.05) is 11.0 Å². The molecule has 86 valence electrons. The van der Waals surface area contributed by atoms with Crippen LogP contribution in [0.4, 0.5) is 0 Å². The molecular weight excluding hydrogens is 202 g/mol. The topological polar surface area (TPSA) is 12.4 Å². The van der Waals surface area contributed by atoms with Gasteiger partial charge in [-0.3, -0.25) is 4.99 Å². The van der Waals surface area contributed by atoms with Gasteiger partial charge < -0.3 is 0 Å². The predicted octanol–water partition coefficient (Wildman–Crippen LogP) is 4.44. The van der Waals surface area contributed by atoms with Crippen LogP contribution in [-0.2, 0) is 0 Å². The van der Waals surface area contributed by atoms with Gasteiger partial charge in [-0.15, -0.1) is 11.8 Å². The SMILES string of the molecule is CCCCCC/C=C/[C@@H]1N=C(C)[C@@H](C)S1. The van der Waals surface area contributed by atoms with Crippen molar-refractivity contribution in [2.45, 2.75) is 63.5 Å². The highest BCUT2D eigenvalue weighted by Crippen LogP contribution is 2.28. The summed E-state index contributed by atoms with van der Waals surface area (Å²) < 4.78 is 0. The minimum atomic E-state index is 0.395. The van der Waals surface area contributed by atoms with Gasteiger partial charge in [0.25, 0.3) is 0 Å². The molecule has 0 unspecified atom stereocenters. The molecule has 0 aliphatic carbocycles. The van der Waals surface area contributed by atoms with Gasteiger partial charge >= 0.3 is 0 Å². The summed E-state index contributed by atoms with van der Waals surface area (Å²) in [4.78, 5) is 4.60. The molecule has 0 fully saturated rings. The number of hydrogen-bond donors (Lipinski definition) is 0. The highest BCUT2D eigenvalue weighted by atomic mass is 32.2. The monoisotopic (exact) mass is 225 g/mol. The zero-order valence-electron chi connectivity index (χ0n) is 10.2. The van der Waals surface area contributed by atoms with Gasteiger partial charge in [-0.25, -0.2) is 0 Å². The number of hydrogen-bond acceptors (Lipinski definition) is 2. The number of aliphatic imine (C=N–C) groups is 1. The third-order valence-electron chi connectivity index (χ3n) is 2.79. The lowest BCUT2D eigenvalue weighted by Gasteiger charge is -2.01. The van der Waals surface area contributed by atoms with E-state index < -0.39 is 0 Å². The molecule has 0 saturated heterocycles. The fourth-order valence-corrected chi connectivity index (χ4v) is 2.74. The number of rotatable bonds is 6. The van der Waals surface area contributed by atoms with E-state index >= 15 is 0 Å². The summed E-state index contributed by atoms with van der Waals surface area (Å²) in [6.07, 6.45) is 11.2. The molecular formula is C13H23NS. The zero-order valence-corrected chi connectivity index (χ0v) is 11.0. The first-order valence-electron chi connectivity index (χ1n) is 6.10. The maximum Gasteiger partial charge on any atom is 0.114 e. The van der Waals surface area contributed by atoms with E-state index in [1.165, 1.54) is 37.8 Å². The van der Waals surface area contributed by atoms with Crippen LogP contribution in [0, 0.1) is 0 Å². The van der Waals surface area contributed by atoms with E-state index in [-0.39, 0.29) is 0 Å². The summed E-state index contributed by atoms with van der Waals surface area (Å²) in [7, 11) is 0. The van der Waals surface area contributed by atoms with Crippen LogP contribution < -0.4 is 0 Å². The van der Waals surface area contributed by atoms with Gasteiger partial charge in [0.2, 0.25) is 0 Å². The van der Waals surface area contributed by atoms with Gasteiger partial charge in [0.05, 0.1) is 0 Å². The molecule has 0 radical (unpaired) electrons. The van der Waals surface area contributed by atoms with Crippen LogP contribution in [-0.4, -0.2) is 16.3 Å². The Morgan fingerprint density at radius 2 is 2.13 bits per heavy atom. The first-order chi connectivity index (χ1) is 7.24. The molecule has 2 heteroatoms. The van der Waals surface area contributed by atoms with Crippen LogP contribution in [0.2, 0.25) is 0 Å². The second-order valence-corrected chi connectivity index (χ2v) is 5.68. The normalized spacial score (nSPS) is 26.2. The summed E-state index contributed by atoms with van der Waals surface area (Å²) in [6.45, 7) is 6.62. The molecule has 0 N–H and O–H groups in total. The first kappa shape index (κ1) is 12.8. The third kappa shape index (κ3) is 4.87. The number of allylic oxidation sites excluding steroid dienone is 1. The van der Waals surface area contributed by atoms with Crippen LogP contribution in [0.15, 0.2) is 17.1 Å². The largest absolute Gasteiger partial charge is 0.275 e. The Hall–Kier alpha value is -0.240. The third-order valence-corrected chi connectivity index (χ3v) is 4.08. The second-order valence-electron chi connectivity index (χ2n) is 4.22. The predicted molar refractivity (Wildman–Crippen MR) is 71.8 cm³/mol. The van der Waals surface area contributed by atoms with Gasteiger partial charge in [0.15, 0.2) is 0 Å². The number of thioether (sulfide) groups is 1. The zero-order chi connectivity index (χ0) is 11.1. The molecule has 15 heavy (non-hydrogen) atoms. The molecule has 0 amide bonds. The van der Waals surface area contributed by atoms with Gasteiger partial charge in [-0.2, -0.15) is 0 Å². The molecule has 2 atom stereocenters. The smallest absolute Gasteiger partial charge is 0.114 e. The standard InChI is InChI=1S/C13H23NS/c1-4-5-6-7-8-9-10-13-14-11(2)12(3)15-13/h9-10,12-13H,4-8H2,1-3H3/b10-9+/t12-,13-/m1/s1. The molecule has 1 aliphatic heterocycles. The summed E-state index contributed by atoms with van der Waals surface area (Å²) in [5.41, 5.74) is 1.29. The molecule has 1 aliphatic rings. The van der Waals surface area contributed by atoms with Gasteiger partial charge in [-0.05, 0) is 26.7 Å². The van der Waals surface area contributed by atoms with Crippen molar-refractivity contribution in [1.29, 1.82) is 0 Å². The average molecular weight is 225 g/mol. The molecule has 0 saturated carbocycles. The van der Waals surface area contributed by atoms with Crippen molar-refractivity contribution in [3.05, 3.63) is 12.2 Å². The van der Waals surface area contributed by atoms with E-state index in [2.05, 4.69) is 37.9 Å². The molecule has 0 bridgehead atoms. The van der Waals surface area contributed by atoms with Gasteiger partial charge in [-0.1, -0.05) is 38.3 Å². The molecule has 0 aromatic rings. The van der Waals surface area contributed by atoms with Crippen molar-refractivity contribution >= 4 is 17.5 Å². The van der Waals surface area contributed by atoms with E-state index in [9.17, 15) is 0 Å². The van der Waals surface area contributed by atoms with Crippen LogP contribution >= 0.6 is 11.8 Å². The van der Waals surface area contributed by atoms with Crippen LogP contribution in [0.5, 0.6) is 0 Å². The Morgan fingerprint density at radius 1 is 1.33 bits per heavy atom. The lowest BCUT2D eigenvalue weighted by atomic mass is 10.1. The minimum absolute atomic E-state index is 0.395. The Labute approximate surface area is 98.4 Å². The van der Waals surface area contributed by atoms with Crippen molar-refractivity contribution in [3.8, 4) is 0 Å². The maximum atomic E-state index is 4.60. The lowest BCUT2D eigenvalue weighted by molar-refractivity contribution is 0.674. The quantitative estimate of drug-likeness (QED) is 0.481. The molecule has 0 spiro atoms. The van der Waals surface area contributed by atoms with Crippen LogP contribution in [0.3, 0.4) is 0 Å². The van der Waals surface area contributed by atoms with Crippen molar-refractivity contribution in [1.82, 2.24) is 0 Å². The van der Waals surface area contributed by atoms with Crippen LogP contribution in [0.1, 0.15) is 52.9 Å². The molecule has 1 heterocycles. The Balaban J connectivity index is 2.11. The van der Waals surface area contributed by atoms with E-state index in [1.807, 2.05) is 11.8 Å². The molecule has 1 nitrogen and oxygen atoms in total. The highest BCUT2D eigenvalue weighted by molar-refractivity contribution is 8.01. The molecule has 0 aromatic heterocycles. The highest BCUT2D eigenvalue weighted by Gasteiger charge is 2.19. The maximum absolute atomic E-state index is 4.60. The summed E-state index contributed by atoms with van der Waals surface area (Å²) in [5.74, 6) is 0. The van der Waals surface area contributed by atoms with E-state index in [1.54, 1.807) is 0 Å². The first-order valence-corrected chi connectivity index (χ1v) is 7.04. The minimum Gasteiger partial charge on any atom is -0.275 e. The Morgan fingerprint density at radius 3 is 2.73 bits per heavy atom. The number of nitrogens with zero attached hydrogens (tertiary/aromatic N) is 1. The van der Waals surface area contributed by atoms with E-state index in [4.69, 9.17) is 0 Å². The van der Waals surface area contributed by atoms with E-state index in [0.29, 0.717) is 10.6 Å². The number of unbranched alkanes of at least 4 members (excludes halogenated alkanes) is 4. The second kappa shape index (κ2) is 7.10. The summed E-state index contributed by atoms with van der Waals surface area (Å²) in [6, 6.07) is 0. The Kier molecular flexibility index (Phi) is 6.07. The van der Waals surface area contributed by atoms with Crippen molar-refractivity contribution in [3.63, 3.8) is 0 Å². The average Bonchev–Trinajstić information content (AvgIpc) is 2.52. The summed E-state index contributed by atoms with van der Waals surface area (Å²) >= 11 is 1.95. The molecule has 0 aromatic carbocycles. The van der Waals surface area contributed by atoms with Crippen molar-refractivity contribution in [2.75, 3.05) is 0 Å². The van der Waals surface area contributed by atoms with Crippen molar-refractivity contribution in [2.24, 2.45) is 4.99 Å². The van der Waals surface area contributed by atoms with Crippen molar-refractivity contribution < 1.29 is 0 Å². The van der Waals surface area contributed by atoms with Gasteiger partial charge in [0.1, 0.15) is 5.37 Å². The molecule has 1 rings (SSSR count).